The fraction of sp³-hybridized carbons (Fsp3) is 0. The number of rotatable bonds is 0. The van der Waals surface area contributed by atoms with E-state index in [4.69, 9.17) is 8.44 Å². The second-order valence-corrected chi connectivity index (χ2v) is 0.275. The summed E-state index contributed by atoms with van der Waals surface area (Å²) < 4.78 is 14.2. The van der Waals surface area contributed by atoms with E-state index < -0.39 is 15.3 Å². The third-order valence-electron chi connectivity index (χ3n) is 0. The number of hydrogen-bond donors (Lipinski definition) is 2. The molecule has 0 amide bonds. The molecule has 0 aliphatic heterocycles. The third kappa shape index (κ3) is 10.9. The monoisotopic (exact) mass is 200 g/mol. The standard InChI is InChI=1S/Ag.Co.2H2O/h;;2*1H2/q;+2;;/p-2. The molecule has 34 valence electrons. The Labute approximate surface area is 46.3 Å². The van der Waals surface area contributed by atoms with Crippen molar-refractivity contribution in [3.05, 3.63) is 0 Å². The molecule has 0 saturated carbocycles. The Bertz CT molecular complexity index is 6.00. The van der Waals surface area contributed by atoms with Gasteiger partial charge in [-0.2, -0.15) is 0 Å². The molecule has 0 fully saturated rings. The summed E-state index contributed by atoms with van der Waals surface area (Å²) in [5.41, 5.74) is 0. The molecule has 2 nitrogen and oxygen atoms in total. The van der Waals surface area contributed by atoms with Gasteiger partial charge in [-0.15, -0.1) is 0 Å². The fourth-order valence-corrected chi connectivity index (χ4v) is 0. The predicted octanol–water partition coefficient (Wildman–Crippen LogP) is -1.12. The van der Waals surface area contributed by atoms with Crippen LogP contribution in [0.1, 0.15) is 0 Å². The summed E-state index contributed by atoms with van der Waals surface area (Å²) in [7, 11) is 0. The molecule has 0 aromatic rings. The van der Waals surface area contributed by atoms with Crippen LogP contribution in [0.2, 0.25) is 0 Å². The third-order valence-corrected chi connectivity index (χ3v) is 0. The van der Waals surface area contributed by atoms with Crippen molar-refractivity contribution in [2.45, 2.75) is 0 Å². The molecular formula is H2AgCoO2. The van der Waals surface area contributed by atoms with Crippen LogP contribution < -0.4 is 0 Å². The van der Waals surface area contributed by atoms with Gasteiger partial charge in [0.05, 0.1) is 0 Å². The summed E-state index contributed by atoms with van der Waals surface area (Å²) in [4.78, 5) is 0. The molecule has 0 atom stereocenters. The van der Waals surface area contributed by atoms with Crippen molar-refractivity contribution >= 4 is 0 Å². The first kappa shape index (κ1) is 8.95. The molecule has 0 spiro atoms. The first-order chi connectivity index (χ1) is 1.41. The minimum atomic E-state index is -0.562. The van der Waals surface area contributed by atoms with Crippen molar-refractivity contribution in [3.8, 4) is 0 Å². The maximum absolute atomic E-state index is 7.09. The van der Waals surface area contributed by atoms with Crippen LogP contribution in [0.15, 0.2) is 0 Å². The van der Waals surface area contributed by atoms with Crippen LogP contribution in [-0.2, 0) is 37.7 Å². The van der Waals surface area contributed by atoms with E-state index in [9.17, 15) is 0 Å². The first-order valence-electron chi connectivity index (χ1n) is 0.298. The summed E-state index contributed by atoms with van der Waals surface area (Å²) in [6.45, 7) is 0. The molecule has 0 aliphatic carbocycles. The van der Waals surface area contributed by atoms with Gasteiger partial charge in [0, 0.05) is 22.4 Å². The molecule has 0 bridgehead atoms. The maximum atomic E-state index is 7.09. The fourth-order valence-electron chi connectivity index (χ4n) is 0. The van der Waals surface area contributed by atoms with Crippen molar-refractivity contribution in [2.75, 3.05) is 0 Å². The molecule has 2 N–H and O–H groups in total. The van der Waals surface area contributed by atoms with Gasteiger partial charge in [-0.3, -0.25) is 0 Å². The van der Waals surface area contributed by atoms with Gasteiger partial charge in [0.2, 0.25) is 0 Å². The van der Waals surface area contributed by atoms with Crippen LogP contribution in [0, 0.1) is 0 Å². The Morgan fingerprint density at radius 2 is 1.25 bits per heavy atom. The summed E-state index contributed by atoms with van der Waals surface area (Å²) in [5.74, 6) is 0. The van der Waals surface area contributed by atoms with Crippen molar-refractivity contribution in [1.82, 2.24) is 0 Å². The van der Waals surface area contributed by atoms with E-state index in [1.54, 1.807) is 0 Å². The molecule has 0 aliphatic rings. The van der Waals surface area contributed by atoms with E-state index in [1.165, 1.54) is 0 Å². The topological polar surface area (TPSA) is 40.5 Å². The quantitative estimate of drug-likeness (QED) is 0.487. The Balaban J connectivity index is 0. The van der Waals surface area contributed by atoms with E-state index in [1.807, 2.05) is 0 Å². The zero-order valence-electron chi connectivity index (χ0n) is 1.53. The van der Waals surface area contributed by atoms with E-state index in [0.29, 0.717) is 0 Å². The summed E-state index contributed by atoms with van der Waals surface area (Å²) in [6.07, 6.45) is 0. The Morgan fingerprint density at radius 1 is 1.25 bits per heavy atom. The van der Waals surface area contributed by atoms with E-state index >= 15 is 0 Å². The predicted molar refractivity (Wildman–Crippen MR) is 4.44 cm³/mol. The molecule has 0 saturated heterocycles. The van der Waals surface area contributed by atoms with E-state index in [0.717, 1.165) is 0 Å². The molecule has 0 heterocycles. The van der Waals surface area contributed by atoms with E-state index in [-0.39, 0.29) is 22.4 Å². The molecule has 0 aromatic carbocycles. The van der Waals surface area contributed by atoms with Crippen molar-refractivity contribution < 1.29 is 46.2 Å². The van der Waals surface area contributed by atoms with Gasteiger partial charge in [0.1, 0.15) is 0 Å². The van der Waals surface area contributed by atoms with Gasteiger partial charge >= 0.3 is 23.8 Å². The normalized spacial score (nSPS) is 5.50. The molecule has 0 unspecified atom stereocenters. The van der Waals surface area contributed by atoms with Gasteiger partial charge in [-0.25, -0.2) is 0 Å². The number of hydrogen-bond acceptors (Lipinski definition) is 2. The zero-order valence-corrected chi connectivity index (χ0v) is 4.05. The van der Waals surface area contributed by atoms with E-state index in [2.05, 4.69) is 0 Å². The summed E-state index contributed by atoms with van der Waals surface area (Å²) in [5, 5.41) is 0. The van der Waals surface area contributed by atoms with Crippen molar-refractivity contribution in [3.63, 3.8) is 0 Å². The Hall–Kier alpha value is 1.17. The van der Waals surface area contributed by atoms with Crippen LogP contribution in [0.4, 0.5) is 0 Å². The molecule has 0 aromatic heterocycles. The molecule has 0 rings (SSSR count). The van der Waals surface area contributed by atoms with Crippen molar-refractivity contribution in [1.29, 1.82) is 0 Å². The van der Waals surface area contributed by atoms with Crippen molar-refractivity contribution in [2.24, 2.45) is 0 Å². The molecule has 4 heavy (non-hydrogen) atoms. The molecule has 1 radical (unpaired) electrons. The first-order valence-corrected chi connectivity index (χ1v) is 1.23. The van der Waals surface area contributed by atoms with Crippen LogP contribution in [0.25, 0.3) is 0 Å². The van der Waals surface area contributed by atoms with Gasteiger partial charge in [-0.1, -0.05) is 0 Å². The van der Waals surface area contributed by atoms with Gasteiger partial charge < -0.3 is 0 Å². The Morgan fingerprint density at radius 3 is 1.25 bits per heavy atom. The minimum absolute atomic E-state index is 0. The van der Waals surface area contributed by atoms with Gasteiger partial charge in [-0.05, 0) is 0 Å². The van der Waals surface area contributed by atoms with Crippen LogP contribution in [0.3, 0.4) is 0 Å². The van der Waals surface area contributed by atoms with Gasteiger partial charge in [0.15, 0.2) is 0 Å². The molecular weight excluding hydrogens is 199 g/mol. The van der Waals surface area contributed by atoms with Gasteiger partial charge in [0.25, 0.3) is 0 Å². The SMILES string of the molecule is [Ag].[OH][Co][OH]. The Kier molecular flexibility index (Phi) is 19.9. The zero-order chi connectivity index (χ0) is 2.71. The van der Waals surface area contributed by atoms with Crippen LogP contribution in [0.5, 0.6) is 0 Å². The second kappa shape index (κ2) is 8.90. The average Bonchev–Trinajstić information content (AvgIpc) is 0.918. The summed E-state index contributed by atoms with van der Waals surface area (Å²) >= 11 is -0.562. The summed E-state index contributed by atoms with van der Waals surface area (Å²) in [6, 6.07) is 0. The van der Waals surface area contributed by atoms with Crippen LogP contribution >= 0.6 is 0 Å². The average molecular weight is 201 g/mol. The second-order valence-electron chi connectivity index (χ2n) is 0.0667. The molecule has 4 heteroatoms. The van der Waals surface area contributed by atoms with Crippen LogP contribution in [-0.4, -0.2) is 8.44 Å².